The molecule has 0 amide bonds. The summed E-state index contributed by atoms with van der Waals surface area (Å²) in [5, 5.41) is 0. The summed E-state index contributed by atoms with van der Waals surface area (Å²) in [7, 11) is 0. The van der Waals surface area contributed by atoms with Gasteiger partial charge in [-0.1, -0.05) is 0 Å². The molecule has 118 valence electrons. The maximum Gasteiger partial charge on any atom is 0.0726 e. The van der Waals surface area contributed by atoms with Gasteiger partial charge in [-0.2, -0.15) is 0 Å². The summed E-state index contributed by atoms with van der Waals surface area (Å²) in [6, 6.07) is 0. The van der Waals surface area contributed by atoms with Crippen molar-refractivity contribution in [2.24, 2.45) is 59.2 Å². The van der Waals surface area contributed by atoms with Crippen molar-refractivity contribution in [3.63, 3.8) is 0 Å². The first kappa shape index (κ1) is 11.5. The van der Waals surface area contributed by atoms with Gasteiger partial charge in [-0.3, -0.25) is 0 Å². The fourth-order valence-corrected chi connectivity index (χ4v) is 11.2. The Labute approximate surface area is 132 Å². The van der Waals surface area contributed by atoms with E-state index in [4.69, 9.17) is 9.47 Å². The summed E-state index contributed by atoms with van der Waals surface area (Å²) in [5.74, 6) is 9.21. The minimum absolute atomic E-state index is 0.253. The maximum atomic E-state index is 6.93. The van der Waals surface area contributed by atoms with Crippen LogP contribution in [0.15, 0.2) is 0 Å². The molecule has 0 radical (unpaired) electrons. The monoisotopic (exact) mass is 298 g/mol. The molecule has 2 nitrogen and oxygen atoms in total. The Bertz CT molecular complexity index is 577. The Balaban J connectivity index is 1.46. The Morgan fingerprint density at radius 1 is 0.591 bits per heavy atom. The van der Waals surface area contributed by atoms with Gasteiger partial charge in [0.15, 0.2) is 0 Å². The summed E-state index contributed by atoms with van der Waals surface area (Å²) >= 11 is 0. The van der Waals surface area contributed by atoms with Gasteiger partial charge in [-0.25, -0.2) is 0 Å². The van der Waals surface area contributed by atoms with Gasteiger partial charge in [0.25, 0.3) is 0 Å². The normalized spacial score (nSPS) is 83.2. The third-order valence-electron chi connectivity index (χ3n) is 10.7. The van der Waals surface area contributed by atoms with Gasteiger partial charge < -0.3 is 9.47 Å². The van der Waals surface area contributed by atoms with Gasteiger partial charge in [0.1, 0.15) is 0 Å². The second kappa shape index (κ2) is 2.86. The lowest BCUT2D eigenvalue weighted by Crippen LogP contribution is -2.42. The zero-order valence-electron chi connectivity index (χ0n) is 13.6. The quantitative estimate of drug-likeness (QED) is 0.684. The van der Waals surface area contributed by atoms with Gasteiger partial charge in [0.05, 0.1) is 23.4 Å². The van der Waals surface area contributed by atoms with E-state index in [2.05, 4.69) is 13.8 Å². The standard InChI is InChI=1S/C20H26O2/c1-19-15-7-3-6-10-12(7)18-13(15)14-16(20(18,2)22-10)8-4-5-9(21-19)11(8)17(14)19/h7-18H,3-6H2,1-2H3/t7-,8-,9-,10+,11+,12+,13-,14-,15+,16+,17-,18-,19-,20-/m1/s1. The third-order valence-corrected chi connectivity index (χ3v) is 10.7. The van der Waals surface area contributed by atoms with E-state index in [-0.39, 0.29) is 11.2 Å². The van der Waals surface area contributed by atoms with E-state index < -0.39 is 0 Å². The Morgan fingerprint density at radius 2 is 1.05 bits per heavy atom. The zero-order valence-corrected chi connectivity index (χ0v) is 13.6. The third kappa shape index (κ3) is 0.775. The van der Waals surface area contributed by atoms with Gasteiger partial charge in [-0.05, 0) is 98.7 Å². The first-order valence-corrected chi connectivity index (χ1v) is 10.0. The van der Waals surface area contributed by atoms with Crippen LogP contribution in [0, 0.1) is 59.2 Å². The number of ether oxygens (including phenoxy) is 2. The fourth-order valence-electron chi connectivity index (χ4n) is 11.2. The van der Waals surface area contributed by atoms with Crippen LogP contribution < -0.4 is 0 Å². The molecule has 0 unspecified atom stereocenters. The minimum atomic E-state index is 0.253. The molecule has 8 fully saturated rings. The predicted octanol–water partition coefficient (Wildman–Crippen LogP) is 3.11. The van der Waals surface area contributed by atoms with Gasteiger partial charge in [0, 0.05) is 0 Å². The molecule has 0 aromatic rings. The molecule has 0 spiro atoms. The maximum absolute atomic E-state index is 6.93. The predicted molar refractivity (Wildman–Crippen MR) is 79.9 cm³/mol. The molecule has 6 saturated carbocycles. The van der Waals surface area contributed by atoms with Gasteiger partial charge in [-0.15, -0.1) is 0 Å². The van der Waals surface area contributed by atoms with Crippen molar-refractivity contribution in [1.82, 2.24) is 0 Å². The molecular formula is C20H26O2. The molecule has 8 aliphatic rings. The van der Waals surface area contributed by atoms with Crippen LogP contribution >= 0.6 is 0 Å². The lowest BCUT2D eigenvalue weighted by atomic mass is 9.72. The van der Waals surface area contributed by atoms with Crippen molar-refractivity contribution in [2.45, 2.75) is 62.9 Å². The Kier molecular flexibility index (Phi) is 1.49. The van der Waals surface area contributed by atoms with Crippen molar-refractivity contribution in [2.75, 3.05) is 0 Å². The van der Waals surface area contributed by atoms with Crippen molar-refractivity contribution in [3.8, 4) is 0 Å². The van der Waals surface area contributed by atoms with E-state index in [1.54, 1.807) is 0 Å². The minimum Gasteiger partial charge on any atom is -0.371 e. The SMILES string of the molecule is C[C@]12O[C@H]3CC[C@@H]4[C@@H]3[C@@H]1[C@@H]1[C@H]3[C@H]5[C@H]6[C@@H](CC[C@H]6O[C@]5(C)[C@@H]41)[C@@H]32. The van der Waals surface area contributed by atoms with Crippen LogP contribution in [0.2, 0.25) is 0 Å². The highest BCUT2D eigenvalue weighted by molar-refractivity contribution is 5.35. The first-order valence-electron chi connectivity index (χ1n) is 10.0. The van der Waals surface area contributed by atoms with Gasteiger partial charge >= 0.3 is 0 Å². The van der Waals surface area contributed by atoms with Gasteiger partial charge in [0.2, 0.25) is 0 Å². The lowest BCUT2D eigenvalue weighted by molar-refractivity contribution is -0.109. The molecule has 0 N–H and O–H groups in total. The van der Waals surface area contributed by atoms with E-state index in [1.165, 1.54) is 25.7 Å². The van der Waals surface area contributed by atoms with Crippen molar-refractivity contribution < 1.29 is 9.47 Å². The van der Waals surface area contributed by atoms with E-state index >= 15 is 0 Å². The number of fused-ring (bicyclic) bond motifs is 4. The molecule has 0 aromatic heterocycles. The summed E-state index contributed by atoms with van der Waals surface area (Å²) in [5.41, 5.74) is 0.507. The van der Waals surface area contributed by atoms with Crippen LogP contribution in [-0.2, 0) is 9.47 Å². The number of hydrogen-bond acceptors (Lipinski definition) is 2. The summed E-state index contributed by atoms with van der Waals surface area (Å²) in [4.78, 5) is 0. The molecular weight excluding hydrogens is 272 g/mol. The zero-order chi connectivity index (χ0) is 14.2. The fraction of sp³-hybridized carbons (Fsp3) is 1.00. The van der Waals surface area contributed by atoms with Crippen LogP contribution in [0.1, 0.15) is 39.5 Å². The molecule has 0 aromatic carbocycles. The van der Waals surface area contributed by atoms with Crippen molar-refractivity contribution in [1.29, 1.82) is 0 Å². The molecule has 2 heteroatoms. The Hall–Kier alpha value is -0.0800. The second-order valence-electron chi connectivity index (χ2n) is 10.6. The van der Waals surface area contributed by atoms with E-state index in [9.17, 15) is 0 Å². The highest BCUT2D eigenvalue weighted by atomic mass is 16.5. The Morgan fingerprint density at radius 3 is 1.50 bits per heavy atom. The van der Waals surface area contributed by atoms with Crippen molar-refractivity contribution in [3.05, 3.63) is 0 Å². The molecule has 22 heavy (non-hydrogen) atoms. The highest BCUT2D eigenvalue weighted by Crippen LogP contribution is 2.86. The first-order chi connectivity index (χ1) is 10.6. The molecule has 2 saturated heterocycles. The molecule has 6 aliphatic carbocycles. The smallest absolute Gasteiger partial charge is 0.0726 e. The van der Waals surface area contributed by atoms with E-state index in [1.807, 2.05) is 0 Å². The molecule has 2 aliphatic heterocycles. The van der Waals surface area contributed by atoms with Crippen molar-refractivity contribution >= 4 is 0 Å². The topological polar surface area (TPSA) is 18.5 Å². The second-order valence-corrected chi connectivity index (χ2v) is 10.6. The molecule has 2 heterocycles. The molecule has 8 rings (SSSR count). The van der Waals surface area contributed by atoms with E-state index in [0.29, 0.717) is 12.2 Å². The molecule has 0 bridgehead atoms. The summed E-state index contributed by atoms with van der Waals surface area (Å²) in [6.07, 6.45) is 6.80. The van der Waals surface area contributed by atoms with E-state index in [0.717, 1.165) is 59.2 Å². The lowest BCUT2D eigenvalue weighted by Gasteiger charge is -2.36. The largest absolute Gasteiger partial charge is 0.371 e. The number of hydrogen-bond donors (Lipinski definition) is 0. The van der Waals surface area contributed by atoms with Crippen LogP contribution in [0.25, 0.3) is 0 Å². The summed E-state index contributed by atoms with van der Waals surface area (Å²) < 4.78 is 13.9. The average Bonchev–Trinajstić information content (AvgIpc) is 3.19. The van der Waals surface area contributed by atoms with Crippen LogP contribution in [0.3, 0.4) is 0 Å². The van der Waals surface area contributed by atoms with Crippen LogP contribution in [0.4, 0.5) is 0 Å². The average molecular weight is 298 g/mol. The van der Waals surface area contributed by atoms with Crippen LogP contribution in [0.5, 0.6) is 0 Å². The highest BCUT2D eigenvalue weighted by Gasteiger charge is 2.88. The number of rotatable bonds is 0. The molecule has 14 atom stereocenters. The van der Waals surface area contributed by atoms with Crippen LogP contribution in [-0.4, -0.2) is 23.4 Å². The summed E-state index contributed by atoms with van der Waals surface area (Å²) in [6.45, 7) is 5.12.